The second kappa shape index (κ2) is 11.3. The lowest BCUT2D eigenvalue weighted by Gasteiger charge is -2.12. The van der Waals surface area contributed by atoms with Crippen molar-refractivity contribution in [3.05, 3.63) is 72.3 Å². The van der Waals surface area contributed by atoms with E-state index in [0.29, 0.717) is 6.61 Å². The minimum Gasteiger partial charge on any atom is -0.494 e. The highest BCUT2D eigenvalue weighted by molar-refractivity contribution is 7.80. The minimum absolute atomic E-state index is 0.146. The summed E-state index contributed by atoms with van der Waals surface area (Å²) < 4.78 is 5.81. The molecule has 5 heteroatoms. The number of carbonyl (C=O) groups excluding carboxylic acids is 1. The molecule has 0 fully saturated rings. The van der Waals surface area contributed by atoms with Gasteiger partial charge in [-0.25, -0.2) is 0 Å². The van der Waals surface area contributed by atoms with Crippen molar-refractivity contribution in [2.45, 2.75) is 39.0 Å². The molecule has 0 saturated heterocycles. The van der Waals surface area contributed by atoms with E-state index in [0.717, 1.165) is 34.2 Å². The number of unbranched alkanes of at least 4 members (excludes halogenated alkanes) is 3. The molecule has 0 saturated carbocycles. The van der Waals surface area contributed by atoms with Crippen LogP contribution < -0.4 is 15.4 Å². The average molecular weight is 421 g/mol. The Morgan fingerprint density at radius 1 is 0.967 bits per heavy atom. The zero-order valence-electron chi connectivity index (χ0n) is 17.3. The standard InChI is InChI=1S/C25H28N2O2S/c1-2-3-4-7-16-29-22-14-9-13-21(18-22)26-25(30)27-24(28)17-20-12-8-11-19-10-5-6-15-23(19)20/h5-6,8-15,18H,2-4,7,16-17H2,1H3,(H2,26,27,28,30). The number of carbonyl (C=O) groups is 1. The van der Waals surface area contributed by atoms with Gasteiger partial charge in [-0.2, -0.15) is 0 Å². The molecule has 0 heterocycles. The van der Waals surface area contributed by atoms with Crippen molar-refractivity contribution in [1.29, 1.82) is 0 Å². The Bertz CT molecular complexity index is 998. The predicted octanol–water partition coefficient (Wildman–Crippen LogP) is 5.85. The Labute approximate surface area is 183 Å². The number of benzene rings is 3. The van der Waals surface area contributed by atoms with E-state index >= 15 is 0 Å². The van der Waals surface area contributed by atoms with Crippen LogP contribution in [0, 0.1) is 0 Å². The molecule has 1 amide bonds. The lowest BCUT2D eigenvalue weighted by molar-refractivity contribution is -0.119. The van der Waals surface area contributed by atoms with E-state index in [1.807, 2.05) is 66.7 Å². The second-order valence-electron chi connectivity index (χ2n) is 7.25. The summed E-state index contributed by atoms with van der Waals surface area (Å²) in [7, 11) is 0. The van der Waals surface area contributed by atoms with Crippen LogP contribution in [0.4, 0.5) is 5.69 Å². The molecule has 4 nitrogen and oxygen atoms in total. The summed E-state index contributed by atoms with van der Waals surface area (Å²) in [5.41, 5.74) is 1.77. The van der Waals surface area contributed by atoms with E-state index in [2.05, 4.69) is 17.6 Å². The monoisotopic (exact) mass is 420 g/mol. The fourth-order valence-electron chi connectivity index (χ4n) is 3.34. The molecule has 3 rings (SSSR count). The van der Waals surface area contributed by atoms with Crippen LogP contribution in [0.3, 0.4) is 0 Å². The van der Waals surface area contributed by atoms with Crippen LogP contribution in [-0.4, -0.2) is 17.6 Å². The van der Waals surface area contributed by atoms with Gasteiger partial charge in [0.05, 0.1) is 13.0 Å². The first kappa shape index (κ1) is 21.8. The zero-order valence-corrected chi connectivity index (χ0v) is 18.1. The maximum Gasteiger partial charge on any atom is 0.230 e. The topological polar surface area (TPSA) is 50.4 Å². The number of hydrogen-bond donors (Lipinski definition) is 2. The normalized spacial score (nSPS) is 10.6. The molecule has 0 aliphatic heterocycles. The van der Waals surface area contributed by atoms with Crippen LogP contribution in [0.15, 0.2) is 66.7 Å². The number of hydrogen-bond acceptors (Lipinski definition) is 3. The molecular formula is C25H28N2O2S. The maximum atomic E-state index is 12.5. The third-order valence-electron chi connectivity index (χ3n) is 4.84. The largest absolute Gasteiger partial charge is 0.494 e. The number of anilines is 1. The summed E-state index contributed by atoms with van der Waals surface area (Å²) in [5.74, 6) is 0.647. The fourth-order valence-corrected chi connectivity index (χ4v) is 3.57. The van der Waals surface area contributed by atoms with Crippen molar-refractivity contribution in [3.63, 3.8) is 0 Å². The van der Waals surface area contributed by atoms with E-state index in [-0.39, 0.29) is 17.4 Å². The van der Waals surface area contributed by atoms with Gasteiger partial charge < -0.3 is 15.4 Å². The number of nitrogens with one attached hydrogen (secondary N) is 2. The first-order valence-corrected chi connectivity index (χ1v) is 10.9. The SMILES string of the molecule is CCCCCCOc1cccc(NC(=S)NC(=O)Cc2cccc3ccccc23)c1. The Balaban J connectivity index is 1.51. The molecule has 0 spiro atoms. The van der Waals surface area contributed by atoms with Gasteiger partial charge in [-0.1, -0.05) is 74.7 Å². The van der Waals surface area contributed by atoms with Crippen LogP contribution in [0.25, 0.3) is 10.8 Å². The van der Waals surface area contributed by atoms with E-state index < -0.39 is 0 Å². The van der Waals surface area contributed by atoms with E-state index in [1.165, 1.54) is 19.3 Å². The molecule has 0 aromatic heterocycles. The number of thiocarbonyl (C=S) groups is 1. The van der Waals surface area contributed by atoms with Gasteiger partial charge in [-0.15, -0.1) is 0 Å². The van der Waals surface area contributed by atoms with Gasteiger partial charge in [-0.3, -0.25) is 4.79 Å². The number of ether oxygens (including phenoxy) is 1. The van der Waals surface area contributed by atoms with E-state index in [4.69, 9.17) is 17.0 Å². The van der Waals surface area contributed by atoms with Crippen LogP contribution in [0.5, 0.6) is 5.75 Å². The summed E-state index contributed by atoms with van der Waals surface area (Å²) in [6.45, 7) is 2.90. The summed E-state index contributed by atoms with van der Waals surface area (Å²) in [5, 5.41) is 8.31. The molecule has 0 bridgehead atoms. The predicted molar refractivity (Wildman–Crippen MR) is 128 cm³/mol. The molecule has 3 aromatic rings. The number of fused-ring (bicyclic) bond motifs is 1. The van der Waals surface area contributed by atoms with Crippen LogP contribution in [0.1, 0.15) is 38.2 Å². The zero-order chi connectivity index (χ0) is 21.2. The van der Waals surface area contributed by atoms with Gasteiger partial charge in [0, 0.05) is 11.8 Å². The van der Waals surface area contributed by atoms with Crippen molar-refractivity contribution in [2.24, 2.45) is 0 Å². The van der Waals surface area contributed by atoms with Gasteiger partial charge in [0.2, 0.25) is 5.91 Å². The Morgan fingerprint density at radius 3 is 2.63 bits per heavy atom. The Kier molecular flexibility index (Phi) is 8.21. The summed E-state index contributed by atoms with van der Waals surface area (Å²) in [6.07, 6.45) is 4.94. The molecule has 0 atom stereocenters. The molecule has 0 radical (unpaired) electrons. The number of rotatable bonds is 9. The molecule has 2 N–H and O–H groups in total. The molecule has 3 aromatic carbocycles. The van der Waals surface area contributed by atoms with Crippen LogP contribution >= 0.6 is 12.2 Å². The van der Waals surface area contributed by atoms with E-state index in [9.17, 15) is 4.79 Å². The molecule has 156 valence electrons. The molecule has 0 aliphatic rings. The van der Waals surface area contributed by atoms with Crippen LogP contribution in [0.2, 0.25) is 0 Å². The second-order valence-corrected chi connectivity index (χ2v) is 7.66. The van der Waals surface area contributed by atoms with Crippen LogP contribution in [-0.2, 0) is 11.2 Å². The molecule has 0 aliphatic carbocycles. The van der Waals surface area contributed by atoms with Gasteiger partial charge >= 0.3 is 0 Å². The quantitative estimate of drug-likeness (QED) is 0.336. The highest BCUT2D eigenvalue weighted by Crippen LogP contribution is 2.19. The Morgan fingerprint density at radius 2 is 1.77 bits per heavy atom. The smallest absolute Gasteiger partial charge is 0.230 e. The lowest BCUT2D eigenvalue weighted by Crippen LogP contribution is -2.35. The number of amides is 1. The molecular weight excluding hydrogens is 392 g/mol. The third-order valence-corrected chi connectivity index (χ3v) is 5.05. The molecule has 0 unspecified atom stereocenters. The highest BCUT2D eigenvalue weighted by atomic mass is 32.1. The van der Waals surface area contributed by atoms with Gasteiger partial charge in [-0.05, 0) is 47.1 Å². The van der Waals surface area contributed by atoms with Gasteiger partial charge in [0.25, 0.3) is 0 Å². The van der Waals surface area contributed by atoms with Gasteiger partial charge in [0.1, 0.15) is 5.75 Å². The first-order valence-electron chi connectivity index (χ1n) is 10.5. The van der Waals surface area contributed by atoms with Crippen molar-refractivity contribution >= 4 is 39.7 Å². The Hall–Kier alpha value is -2.92. The first-order chi connectivity index (χ1) is 14.7. The van der Waals surface area contributed by atoms with Gasteiger partial charge in [0.15, 0.2) is 5.11 Å². The summed E-state index contributed by atoms with van der Waals surface area (Å²) >= 11 is 5.32. The minimum atomic E-state index is -0.146. The molecule has 30 heavy (non-hydrogen) atoms. The lowest BCUT2D eigenvalue weighted by atomic mass is 10.0. The summed E-state index contributed by atoms with van der Waals surface area (Å²) in [6, 6.07) is 21.7. The summed E-state index contributed by atoms with van der Waals surface area (Å²) in [4.78, 5) is 12.5. The van der Waals surface area contributed by atoms with E-state index in [1.54, 1.807) is 0 Å². The third kappa shape index (κ3) is 6.56. The average Bonchev–Trinajstić information content (AvgIpc) is 2.74. The fraction of sp³-hybridized carbons (Fsp3) is 0.280. The van der Waals surface area contributed by atoms with Crippen molar-refractivity contribution < 1.29 is 9.53 Å². The van der Waals surface area contributed by atoms with Crippen molar-refractivity contribution in [2.75, 3.05) is 11.9 Å². The van der Waals surface area contributed by atoms with Crippen molar-refractivity contribution in [1.82, 2.24) is 5.32 Å². The highest BCUT2D eigenvalue weighted by Gasteiger charge is 2.09. The maximum absolute atomic E-state index is 12.5. The van der Waals surface area contributed by atoms with Crippen molar-refractivity contribution in [3.8, 4) is 5.75 Å².